The Bertz CT molecular complexity index is 462. The highest BCUT2D eigenvalue weighted by Crippen LogP contribution is 2.20. The first-order valence-electron chi connectivity index (χ1n) is 5.58. The third-order valence-electron chi connectivity index (χ3n) is 2.55. The minimum absolute atomic E-state index is 0.322. The largest absolute Gasteiger partial charge is 0.480 e. The molecule has 0 bridgehead atoms. The van der Waals surface area contributed by atoms with Gasteiger partial charge in [-0.15, -0.1) is 0 Å². The van der Waals surface area contributed by atoms with Crippen LogP contribution in [0.1, 0.15) is 36.7 Å². The predicted octanol–water partition coefficient (Wildman–Crippen LogP) is 1.12. The summed E-state index contributed by atoms with van der Waals surface area (Å²) in [6, 6.07) is 5.51. The van der Waals surface area contributed by atoms with Gasteiger partial charge in [-0.1, -0.05) is 12.1 Å². The second-order valence-corrected chi connectivity index (χ2v) is 4.67. The Kier molecular flexibility index (Phi) is 4.08. The van der Waals surface area contributed by atoms with Crippen molar-refractivity contribution in [3.05, 3.63) is 35.4 Å². The number of aliphatic carboxylic acids is 1. The minimum Gasteiger partial charge on any atom is -0.480 e. The first-order valence-corrected chi connectivity index (χ1v) is 5.58. The van der Waals surface area contributed by atoms with Gasteiger partial charge in [0, 0.05) is 5.56 Å². The van der Waals surface area contributed by atoms with Crippen LogP contribution < -0.4 is 5.32 Å². The number of amides is 1. The highest BCUT2D eigenvalue weighted by atomic mass is 16.4. The molecule has 1 aromatic carbocycles. The van der Waals surface area contributed by atoms with Gasteiger partial charge in [-0.2, -0.15) is 0 Å². The Morgan fingerprint density at radius 1 is 1.33 bits per heavy atom. The van der Waals surface area contributed by atoms with Crippen molar-refractivity contribution in [1.29, 1.82) is 0 Å². The summed E-state index contributed by atoms with van der Waals surface area (Å²) >= 11 is 0. The zero-order chi connectivity index (χ0) is 13.9. The van der Waals surface area contributed by atoms with Crippen LogP contribution in [0.4, 0.5) is 0 Å². The molecule has 3 N–H and O–H groups in total. The molecule has 0 aliphatic heterocycles. The fourth-order valence-corrected chi connectivity index (χ4v) is 1.38. The van der Waals surface area contributed by atoms with Crippen LogP contribution in [0.25, 0.3) is 0 Å². The lowest BCUT2D eigenvalue weighted by Crippen LogP contribution is -2.38. The molecular formula is C13H17NO4. The van der Waals surface area contributed by atoms with Gasteiger partial charge in [0.15, 0.2) is 0 Å². The Hall–Kier alpha value is -1.88. The fourth-order valence-electron chi connectivity index (χ4n) is 1.38. The van der Waals surface area contributed by atoms with E-state index < -0.39 is 23.5 Å². The summed E-state index contributed by atoms with van der Waals surface area (Å²) in [4.78, 5) is 22.4. The van der Waals surface area contributed by atoms with Gasteiger partial charge < -0.3 is 15.5 Å². The summed E-state index contributed by atoms with van der Waals surface area (Å²) in [5.41, 5.74) is -0.129. The monoisotopic (exact) mass is 251 g/mol. The molecule has 1 amide bonds. The van der Waals surface area contributed by atoms with Crippen LogP contribution >= 0.6 is 0 Å². The molecule has 1 unspecified atom stereocenters. The van der Waals surface area contributed by atoms with Crippen LogP contribution in [0.5, 0.6) is 0 Å². The molecule has 5 nitrogen and oxygen atoms in total. The number of rotatable bonds is 4. The standard InChI is InChI=1S/C13H17NO4/c1-8(12(16)17)14-11(15)9-5-4-6-10(7-9)13(2,3)18/h4-8,18H,1-3H3,(H,14,15)(H,16,17). The maximum Gasteiger partial charge on any atom is 0.325 e. The molecule has 0 saturated carbocycles. The van der Waals surface area contributed by atoms with Gasteiger partial charge in [0.25, 0.3) is 5.91 Å². The van der Waals surface area contributed by atoms with Gasteiger partial charge in [0.2, 0.25) is 0 Å². The highest BCUT2D eigenvalue weighted by Gasteiger charge is 2.19. The Morgan fingerprint density at radius 3 is 2.44 bits per heavy atom. The van der Waals surface area contributed by atoms with E-state index in [1.807, 2.05) is 0 Å². The van der Waals surface area contributed by atoms with Crippen LogP contribution in [-0.2, 0) is 10.4 Å². The highest BCUT2D eigenvalue weighted by molar-refractivity contribution is 5.96. The number of benzene rings is 1. The molecule has 98 valence electrons. The zero-order valence-corrected chi connectivity index (χ0v) is 10.6. The third-order valence-corrected chi connectivity index (χ3v) is 2.55. The van der Waals surface area contributed by atoms with Gasteiger partial charge in [-0.05, 0) is 38.5 Å². The number of hydrogen-bond donors (Lipinski definition) is 3. The summed E-state index contributed by atoms with van der Waals surface area (Å²) in [5.74, 6) is -1.57. The van der Waals surface area contributed by atoms with Crippen LogP contribution in [0.15, 0.2) is 24.3 Å². The van der Waals surface area contributed by atoms with Gasteiger partial charge in [0.05, 0.1) is 5.60 Å². The van der Waals surface area contributed by atoms with Crippen LogP contribution in [0.3, 0.4) is 0 Å². The summed E-state index contributed by atoms with van der Waals surface area (Å²) in [6.07, 6.45) is 0. The molecule has 1 atom stereocenters. The van der Waals surface area contributed by atoms with Gasteiger partial charge in [0.1, 0.15) is 6.04 Å². The van der Waals surface area contributed by atoms with E-state index >= 15 is 0 Å². The van der Waals surface area contributed by atoms with E-state index in [0.717, 1.165) is 0 Å². The minimum atomic E-state index is -1.10. The topological polar surface area (TPSA) is 86.6 Å². The van der Waals surface area contributed by atoms with E-state index in [4.69, 9.17) is 5.11 Å². The number of nitrogens with one attached hydrogen (secondary N) is 1. The fraction of sp³-hybridized carbons (Fsp3) is 0.385. The molecule has 0 saturated heterocycles. The molecule has 0 radical (unpaired) electrons. The number of carboxylic acids is 1. The quantitative estimate of drug-likeness (QED) is 0.748. The molecule has 0 heterocycles. The SMILES string of the molecule is CC(NC(=O)c1cccc(C(C)(C)O)c1)C(=O)O. The van der Waals surface area contributed by atoms with E-state index in [1.54, 1.807) is 38.1 Å². The number of hydrogen-bond acceptors (Lipinski definition) is 3. The third kappa shape index (κ3) is 3.56. The van der Waals surface area contributed by atoms with Crippen LogP contribution in [0.2, 0.25) is 0 Å². The molecule has 0 aliphatic rings. The molecule has 0 aromatic heterocycles. The predicted molar refractivity (Wildman–Crippen MR) is 66.3 cm³/mol. The molecular weight excluding hydrogens is 234 g/mol. The molecule has 1 rings (SSSR count). The van der Waals surface area contributed by atoms with Crippen molar-refractivity contribution in [3.63, 3.8) is 0 Å². The smallest absolute Gasteiger partial charge is 0.325 e. The normalized spacial score (nSPS) is 12.9. The molecule has 0 spiro atoms. The summed E-state index contributed by atoms with van der Waals surface area (Å²) in [7, 11) is 0. The van der Waals surface area contributed by atoms with Crippen molar-refractivity contribution in [3.8, 4) is 0 Å². The van der Waals surface area contributed by atoms with E-state index in [2.05, 4.69) is 5.32 Å². The van der Waals surface area contributed by atoms with Crippen molar-refractivity contribution in [1.82, 2.24) is 5.32 Å². The van der Waals surface area contributed by atoms with E-state index in [1.165, 1.54) is 6.92 Å². The molecule has 1 aromatic rings. The molecule has 0 fully saturated rings. The van der Waals surface area contributed by atoms with Gasteiger partial charge in [-0.3, -0.25) is 9.59 Å². The molecule has 18 heavy (non-hydrogen) atoms. The lowest BCUT2D eigenvalue weighted by Gasteiger charge is -2.18. The number of carbonyl (C=O) groups excluding carboxylic acids is 1. The first-order chi connectivity index (χ1) is 8.21. The summed E-state index contributed by atoms with van der Waals surface area (Å²) < 4.78 is 0. The first kappa shape index (κ1) is 14.2. The number of carboxylic acid groups (broad SMARTS) is 1. The number of aliphatic hydroxyl groups is 1. The maximum atomic E-state index is 11.8. The Balaban J connectivity index is 2.91. The Labute approximate surface area is 105 Å². The molecule has 0 aliphatic carbocycles. The average Bonchev–Trinajstić information content (AvgIpc) is 2.27. The summed E-state index contributed by atoms with van der Waals surface area (Å²) in [5, 5.41) is 20.9. The lowest BCUT2D eigenvalue weighted by atomic mass is 9.96. The van der Waals surface area contributed by atoms with Crippen LogP contribution in [0, 0.1) is 0 Å². The lowest BCUT2D eigenvalue weighted by molar-refractivity contribution is -0.138. The van der Waals surface area contributed by atoms with Gasteiger partial charge in [-0.25, -0.2) is 0 Å². The maximum absolute atomic E-state index is 11.8. The van der Waals surface area contributed by atoms with E-state index in [9.17, 15) is 14.7 Å². The summed E-state index contributed by atoms with van der Waals surface area (Å²) in [6.45, 7) is 4.62. The zero-order valence-electron chi connectivity index (χ0n) is 10.6. The van der Waals surface area contributed by atoms with Crippen molar-refractivity contribution >= 4 is 11.9 Å². The van der Waals surface area contributed by atoms with Crippen LogP contribution in [-0.4, -0.2) is 28.1 Å². The number of carbonyl (C=O) groups is 2. The second kappa shape index (κ2) is 5.18. The molecule has 5 heteroatoms. The van der Waals surface area contributed by atoms with Crippen molar-refractivity contribution in [2.24, 2.45) is 0 Å². The van der Waals surface area contributed by atoms with Crippen molar-refractivity contribution < 1.29 is 19.8 Å². The van der Waals surface area contributed by atoms with E-state index in [-0.39, 0.29) is 0 Å². The van der Waals surface area contributed by atoms with Crippen molar-refractivity contribution in [2.45, 2.75) is 32.4 Å². The van der Waals surface area contributed by atoms with Crippen molar-refractivity contribution in [2.75, 3.05) is 0 Å². The second-order valence-electron chi connectivity index (χ2n) is 4.67. The Morgan fingerprint density at radius 2 is 1.94 bits per heavy atom. The van der Waals surface area contributed by atoms with Gasteiger partial charge >= 0.3 is 5.97 Å². The van der Waals surface area contributed by atoms with E-state index in [0.29, 0.717) is 11.1 Å². The average molecular weight is 251 g/mol.